The molecule has 0 aliphatic rings. The highest BCUT2D eigenvalue weighted by atomic mass is 32.2. The lowest BCUT2D eigenvalue weighted by atomic mass is 10.3. The van der Waals surface area contributed by atoms with Gasteiger partial charge in [-0.25, -0.2) is 22.0 Å². The van der Waals surface area contributed by atoms with Crippen molar-refractivity contribution in [2.45, 2.75) is 4.90 Å². The molecule has 2 rings (SSSR count). The fourth-order valence-corrected chi connectivity index (χ4v) is 2.35. The van der Waals surface area contributed by atoms with Crippen LogP contribution in [0.5, 0.6) is 0 Å². The predicted octanol–water partition coefficient (Wildman–Crippen LogP) is 4.11. The van der Waals surface area contributed by atoms with Crippen LogP contribution in [0, 0.1) is 29.1 Å². The Labute approximate surface area is 126 Å². The van der Waals surface area contributed by atoms with Crippen LogP contribution in [-0.2, 0) is 4.79 Å². The van der Waals surface area contributed by atoms with Crippen molar-refractivity contribution in [1.29, 1.82) is 0 Å². The summed E-state index contributed by atoms with van der Waals surface area (Å²) in [6, 6.07) is 8.21. The second-order valence-corrected chi connectivity index (χ2v) is 5.09. The topological polar surface area (TPSA) is 29.1 Å². The molecule has 0 aliphatic carbocycles. The summed E-state index contributed by atoms with van der Waals surface area (Å²) in [6.45, 7) is 0. The number of para-hydroxylation sites is 1. The van der Waals surface area contributed by atoms with Gasteiger partial charge in [-0.2, -0.15) is 0 Å². The summed E-state index contributed by atoms with van der Waals surface area (Å²) in [5, 5.41) is 2.43. The number of hydrogen-bond acceptors (Lipinski definition) is 2. The van der Waals surface area contributed by atoms with Crippen molar-refractivity contribution in [2.75, 3.05) is 11.1 Å². The average Bonchev–Trinajstić information content (AvgIpc) is 2.52. The van der Waals surface area contributed by atoms with Crippen molar-refractivity contribution in [1.82, 2.24) is 0 Å². The van der Waals surface area contributed by atoms with Crippen LogP contribution in [0.4, 0.5) is 27.6 Å². The molecule has 2 nitrogen and oxygen atoms in total. The Hall–Kier alpha value is -2.09. The highest BCUT2D eigenvalue weighted by Gasteiger charge is 2.26. The smallest absolute Gasteiger partial charge is 0.234 e. The Morgan fingerprint density at radius 3 is 1.91 bits per heavy atom. The van der Waals surface area contributed by atoms with Gasteiger partial charge >= 0.3 is 0 Å². The summed E-state index contributed by atoms with van der Waals surface area (Å²) in [5.41, 5.74) is 0.450. The minimum atomic E-state index is -2.23. The summed E-state index contributed by atoms with van der Waals surface area (Å²) in [5.74, 6) is -11.3. The van der Waals surface area contributed by atoms with Crippen LogP contribution in [0.15, 0.2) is 35.2 Å². The molecule has 116 valence electrons. The van der Waals surface area contributed by atoms with Gasteiger partial charge < -0.3 is 5.32 Å². The lowest BCUT2D eigenvalue weighted by Gasteiger charge is -2.08. The van der Waals surface area contributed by atoms with Crippen LogP contribution in [-0.4, -0.2) is 11.7 Å². The van der Waals surface area contributed by atoms with Crippen LogP contribution < -0.4 is 5.32 Å². The Morgan fingerprint density at radius 1 is 0.864 bits per heavy atom. The maximum atomic E-state index is 13.4. The number of anilines is 1. The number of thioether (sulfide) groups is 1. The van der Waals surface area contributed by atoms with E-state index < -0.39 is 45.6 Å². The highest BCUT2D eigenvalue weighted by molar-refractivity contribution is 8.00. The molecule has 0 fully saturated rings. The van der Waals surface area contributed by atoms with E-state index in [2.05, 4.69) is 5.32 Å². The number of carbonyl (C=O) groups excluding carboxylic acids is 1. The molecule has 0 atom stereocenters. The Bertz CT molecular complexity index is 679. The molecule has 22 heavy (non-hydrogen) atoms. The standard InChI is InChI=1S/C14H8F5NOS/c15-9-10(16)12(18)14(13(19)11(9)17)22-6-8(21)20-7-4-2-1-3-5-7/h1-5H,6H2,(H,20,21). The third-order valence-electron chi connectivity index (χ3n) is 2.57. The zero-order valence-corrected chi connectivity index (χ0v) is 11.6. The van der Waals surface area contributed by atoms with Crippen molar-refractivity contribution in [3.05, 3.63) is 59.4 Å². The van der Waals surface area contributed by atoms with Gasteiger partial charge in [-0.05, 0) is 12.1 Å². The maximum Gasteiger partial charge on any atom is 0.234 e. The first-order valence-electron chi connectivity index (χ1n) is 5.91. The summed E-state index contributed by atoms with van der Waals surface area (Å²) in [7, 11) is 0. The molecule has 0 unspecified atom stereocenters. The van der Waals surface area contributed by atoms with E-state index in [4.69, 9.17) is 0 Å². The molecule has 8 heteroatoms. The lowest BCUT2D eigenvalue weighted by Crippen LogP contribution is -2.14. The first kappa shape index (κ1) is 16.3. The number of rotatable bonds is 4. The number of amides is 1. The summed E-state index contributed by atoms with van der Waals surface area (Å²) < 4.78 is 65.7. The number of nitrogens with one attached hydrogen (secondary N) is 1. The molecule has 1 amide bonds. The van der Waals surface area contributed by atoms with Gasteiger partial charge in [0, 0.05) is 5.69 Å². The van der Waals surface area contributed by atoms with Crippen LogP contribution in [0.3, 0.4) is 0 Å². The summed E-state index contributed by atoms with van der Waals surface area (Å²) >= 11 is 0.229. The molecule has 0 saturated heterocycles. The fraction of sp³-hybridized carbons (Fsp3) is 0.0714. The molecule has 2 aromatic carbocycles. The molecule has 2 aromatic rings. The van der Waals surface area contributed by atoms with Gasteiger partial charge in [0.25, 0.3) is 0 Å². The van der Waals surface area contributed by atoms with Gasteiger partial charge in [-0.3, -0.25) is 4.79 Å². The normalized spacial score (nSPS) is 10.6. The Morgan fingerprint density at radius 2 is 1.36 bits per heavy atom. The summed E-state index contributed by atoms with van der Waals surface area (Å²) in [4.78, 5) is 10.5. The average molecular weight is 333 g/mol. The third kappa shape index (κ3) is 3.38. The molecule has 0 spiro atoms. The minimum Gasteiger partial charge on any atom is -0.325 e. The second-order valence-electron chi connectivity index (χ2n) is 4.10. The van der Waals surface area contributed by atoms with Gasteiger partial charge in [0.1, 0.15) is 0 Å². The number of carbonyl (C=O) groups is 1. The van der Waals surface area contributed by atoms with E-state index in [1.807, 2.05) is 0 Å². The van der Waals surface area contributed by atoms with E-state index in [0.717, 1.165) is 0 Å². The van der Waals surface area contributed by atoms with Gasteiger partial charge in [-0.15, -0.1) is 11.8 Å². The lowest BCUT2D eigenvalue weighted by molar-refractivity contribution is -0.113. The van der Waals surface area contributed by atoms with Crippen molar-refractivity contribution in [3.8, 4) is 0 Å². The second kappa shape index (κ2) is 6.78. The number of halogens is 5. The zero-order chi connectivity index (χ0) is 16.3. The van der Waals surface area contributed by atoms with Gasteiger partial charge in [-0.1, -0.05) is 18.2 Å². The zero-order valence-electron chi connectivity index (χ0n) is 10.8. The summed E-state index contributed by atoms with van der Waals surface area (Å²) in [6.07, 6.45) is 0. The van der Waals surface area contributed by atoms with E-state index in [-0.39, 0.29) is 11.8 Å². The highest BCUT2D eigenvalue weighted by Crippen LogP contribution is 2.30. The van der Waals surface area contributed by atoms with E-state index in [1.54, 1.807) is 30.3 Å². The van der Waals surface area contributed by atoms with Gasteiger partial charge in [0.15, 0.2) is 23.3 Å². The quantitative estimate of drug-likeness (QED) is 0.395. The first-order valence-corrected chi connectivity index (χ1v) is 6.89. The van der Waals surface area contributed by atoms with Gasteiger partial charge in [0.05, 0.1) is 10.6 Å². The molecule has 1 N–H and O–H groups in total. The van der Waals surface area contributed by atoms with Crippen LogP contribution in [0.1, 0.15) is 0 Å². The molecule has 0 saturated carbocycles. The van der Waals surface area contributed by atoms with Crippen molar-refractivity contribution >= 4 is 23.4 Å². The van der Waals surface area contributed by atoms with Crippen molar-refractivity contribution < 1.29 is 26.7 Å². The van der Waals surface area contributed by atoms with Crippen LogP contribution in [0.2, 0.25) is 0 Å². The first-order chi connectivity index (χ1) is 10.4. The van der Waals surface area contributed by atoms with Crippen molar-refractivity contribution in [3.63, 3.8) is 0 Å². The van der Waals surface area contributed by atoms with Crippen molar-refractivity contribution in [2.24, 2.45) is 0 Å². The minimum absolute atomic E-state index is 0.229. The fourth-order valence-electron chi connectivity index (χ4n) is 1.57. The molecule has 0 aromatic heterocycles. The monoisotopic (exact) mass is 333 g/mol. The molecular weight excluding hydrogens is 325 g/mol. The Kier molecular flexibility index (Phi) is 5.02. The Balaban J connectivity index is 2.10. The van der Waals surface area contributed by atoms with Gasteiger partial charge in [0.2, 0.25) is 11.7 Å². The number of benzene rings is 2. The SMILES string of the molecule is O=C(CSc1c(F)c(F)c(F)c(F)c1F)Nc1ccccc1. The predicted molar refractivity (Wildman–Crippen MR) is 72.0 cm³/mol. The van der Waals surface area contributed by atoms with E-state index in [9.17, 15) is 26.7 Å². The van der Waals surface area contributed by atoms with Crippen LogP contribution >= 0.6 is 11.8 Å². The number of hydrogen-bond donors (Lipinski definition) is 1. The van der Waals surface area contributed by atoms with E-state index in [1.165, 1.54) is 0 Å². The molecular formula is C14H8F5NOS. The molecule has 0 aliphatic heterocycles. The van der Waals surface area contributed by atoms with E-state index in [0.29, 0.717) is 5.69 Å². The molecule has 0 bridgehead atoms. The van der Waals surface area contributed by atoms with E-state index >= 15 is 0 Å². The molecule has 0 heterocycles. The largest absolute Gasteiger partial charge is 0.325 e. The molecule has 0 radical (unpaired) electrons. The maximum absolute atomic E-state index is 13.4. The third-order valence-corrected chi connectivity index (χ3v) is 3.63. The van der Waals surface area contributed by atoms with Crippen LogP contribution in [0.25, 0.3) is 0 Å².